The zero-order valence-electron chi connectivity index (χ0n) is 4.83. The van der Waals surface area contributed by atoms with Crippen molar-refractivity contribution in [2.75, 3.05) is 0 Å². The molecular weight excluding hydrogens is 202 g/mol. The minimum atomic E-state index is -1.51. The largest absolute Gasteiger partial charge is 0.446 e. The van der Waals surface area contributed by atoms with Crippen LogP contribution in [0.4, 0.5) is 4.11 Å². The summed E-state index contributed by atoms with van der Waals surface area (Å²) in [5, 5.41) is 0. The van der Waals surface area contributed by atoms with Gasteiger partial charge in [-0.15, -0.1) is 0 Å². The average molecular weight is 211 g/mol. The van der Waals surface area contributed by atoms with Gasteiger partial charge < -0.3 is 4.12 Å². The Hall–Kier alpha value is 1.12. The van der Waals surface area contributed by atoms with Crippen molar-refractivity contribution in [1.29, 1.82) is 0 Å². The van der Waals surface area contributed by atoms with Crippen LogP contribution < -0.4 is 0 Å². The zero-order chi connectivity index (χ0) is 6.99. The van der Waals surface area contributed by atoms with Crippen molar-refractivity contribution in [3.05, 3.63) is 0 Å². The molecule has 0 aliphatic heterocycles. The molecule has 0 atom stereocenters. The molecule has 0 fully saturated rings. The van der Waals surface area contributed by atoms with Crippen LogP contribution in [0.3, 0.4) is 0 Å². The maximum Gasteiger partial charge on any atom is 0.342 e. The number of hydrogen-bond acceptors (Lipinski definition) is 1. The standard InChI is InChI=1S/CH4Cl2Si.FH5OSi2/c1-4(2)3;1-4-2-3/h4H,1H3;4H2,3H3. The van der Waals surface area contributed by atoms with Gasteiger partial charge in [-0.25, -0.2) is 0 Å². The van der Waals surface area contributed by atoms with Crippen LogP contribution in [0.15, 0.2) is 0 Å². The molecule has 7 heteroatoms. The van der Waals surface area contributed by atoms with Crippen LogP contribution in [0.2, 0.25) is 6.55 Å². The molecule has 0 heterocycles. The number of hydrogen-bond donors (Lipinski definition) is 0. The van der Waals surface area contributed by atoms with Gasteiger partial charge >= 0.3 is 10.1 Å². The second kappa shape index (κ2) is 11.0. The number of halogens is 3. The first-order valence-electron chi connectivity index (χ1n) is 1.98. The molecule has 0 unspecified atom stereocenters. The minimum Gasteiger partial charge on any atom is -0.446 e. The Labute approximate surface area is 65.2 Å². The predicted molar refractivity (Wildman–Crippen MR) is 45.4 cm³/mol. The van der Waals surface area contributed by atoms with Gasteiger partial charge in [0.2, 0.25) is 7.42 Å². The van der Waals surface area contributed by atoms with Gasteiger partial charge in [0.1, 0.15) is 10.5 Å². The highest BCUT2D eigenvalue weighted by molar-refractivity contribution is 7.33. The van der Waals surface area contributed by atoms with Crippen LogP contribution in [0.5, 0.6) is 0 Å². The molecule has 8 heavy (non-hydrogen) atoms. The molecule has 1 nitrogen and oxygen atoms in total. The Balaban J connectivity index is 0. The first-order chi connectivity index (χ1) is 3.65. The summed E-state index contributed by atoms with van der Waals surface area (Å²) in [5.74, 6) is 0. The van der Waals surface area contributed by atoms with Crippen LogP contribution in [0, 0.1) is 0 Å². The Morgan fingerprint density at radius 3 is 1.88 bits per heavy atom. The van der Waals surface area contributed by atoms with Crippen LogP contribution in [-0.4, -0.2) is 28.0 Å². The molecule has 0 bridgehead atoms. The summed E-state index contributed by atoms with van der Waals surface area (Å²) in [6.07, 6.45) is 0. The van der Waals surface area contributed by atoms with Crippen molar-refractivity contribution < 1.29 is 8.22 Å². The summed E-state index contributed by atoms with van der Waals surface area (Å²) in [5.41, 5.74) is 0. The van der Waals surface area contributed by atoms with Crippen molar-refractivity contribution in [3.8, 4) is 0 Å². The van der Waals surface area contributed by atoms with E-state index in [4.69, 9.17) is 22.2 Å². The van der Waals surface area contributed by atoms with Crippen molar-refractivity contribution >= 4 is 50.2 Å². The van der Waals surface area contributed by atoms with E-state index in [-0.39, 0.29) is 0 Å². The van der Waals surface area contributed by atoms with E-state index in [1.165, 1.54) is 0 Å². The smallest absolute Gasteiger partial charge is 0.342 e. The fourth-order valence-corrected chi connectivity index (χ4v) is 0. The van der Waals surface area contributed by atoms with Crippen molar-refractivity contribution in [2.45, 2.75) is 6.55 Å². The summed E-state index contributed by atoms with van der Waals surface area (Å²) in [6.45, 7) is 1.84. The molecule has 0 aliphatic rings. The van der Waals surface area contributed by atoms with E-state index >= 15 is 0 Å². The Bertz CT molecular complexity index is 33.7. The van der Waals surface area contributed by atoms with Crippen molar-refractivity contribution in [3.63, 3.8) is 0 Å². The van der Waals surface area contributed by atoms with Crippen LogP contribution in [0.25, 0.3) is 0 Å². The molecule has 0 aromatic heterocycles. The monoisotopic (exact) mass is 210 g/mol. The predicted octanol–water partition coefficient (Wildman–Crippen LogP) is -0.434. The highest BCUT2D eigenvalue weighted by Crippen LogP contribution is 1.89. The summed E-state index contributed by atoms with van der Waals surface area (Å²) < 4.78 is 14.8. The molecule has 0 radical (unpaired) electrons. The second-order valence-corrected chi connectivity index (χ2v) is 9.08. The summed E-state index contributed by atoms with van der Waals surface area (Å²) in [6, 6.07) is 0. The van der Waals surface area contributed by atoms with Gasteiger partial charge in [-0.3, -0.25) is 4.11 Å². The summed E-state index contributed by atoms with van der Waals surface area (Å²) in [4.78, 5) is 0. The van der Waals surface area contributed by atoms with Gasteiger partial charge in [0.15, 0.2) is 0 Å². The minimum absolute atomic E-state index is 0.576. The summed E-state index contributed by atoms with van der Waals surface area (Å²) >= 11 is 10.4. The Kier molecular flexibility index (Phi) is 16.3. The van der Waals surface area contributed by atoms with Gasteiger partial charge in [0, 0.05) is 0 Å². The Morgan fingerprint density at radius 1 is 1.75 bits per heavy atom. The average Bonchev–Trinajstić information content (AvgIpc) is 1.65. The topological polar surface area (TPSA) is 9.23 Å². The fraction of sp³-hybridized carbons (Fsp3) is 1.00. The van der Waals surface area contributed by atoms with E-state index < -0.39 is 17.5 Å². The normalized spacial score (nSPS) is 10.1. The first-order valence-corrected chi connectivity index (χ1v) is 8.55. The van der Waals surface area contributed by atoms with Gasteiger partial charge in [-0.2, -0.15) is 22.2 Å². The van der Waals surface area contributed by atoms with Crippen molar-refractivity contribution in [2.24, 2.45) is 0 Å². The first kappa shape index (κ1) is 11.9. The van der Waals surface area contributed by atoms with E-state index in [9.17, 15) is 4.11 Å². The van der Waals surface area contributed by atoms with E-state index in [0.717, 1.165) is 0 Å². The van der Waals surface area contributed by atoms with E-state index in [2.05, 4.69) is 4.12 Å². The lowest BCUT2D eigenvalue weighted by Crippen LogP contribution is -1.80. The van der Waals surface area contributed by atoms with Gasteiger partial charge in [-0.05, 0) is 6.55 Å². The molecule has 0 saturated heterocycles. The van der Waals surface area contributed by atoms with E-state index in [0.29, 0.717) is 10.5 Å². The molecule has 0 spiro atoms. The van der Waals surface area contributed by atoms with Gasteiger partial charge in [0.05, 0.1) is 0 Å². The lowest BCUT2D eigenvalue weighted by Gasteiger charge is -1.72. The van der Waals surface area contributed by atoms with Crippen molar-refractivity contribution in [1.82, 2.24) is 0 Å². The second-order valence-electron chi connectivity index (χ2n) is 0.917. The molecule has 0 aliphatic carbocycles. The highest BCUT2D eigenvalue weighted by atomic mass is 35.7. The zero-order valence-corrected chi connectivity index (χ0v) is 10.9. The Morgan fingerprint density at radius 2 is 1.88 bits per heavy atom. The third-order valence-electron chi connectivity index (χ3n) is 0.109. The molecule has 0 rings (SSSR count). The highest BCUT2D eigenvalue weighted by Gasteiger charge is 1.80. The molecule has 0 aromatic carbocycles. The quantitative estimate of drug-likeness (QED) is 0.422. The van der Waals surface area contributed by atoms with E-state index in [1.807, 2.05) is 6.55 Å². The number of rotatable bonds is 1. The SMILES string of the molecule is C[SiH](Cl)Cl.F[SiH2]O[SiH3]. The lowest BCUT2D eigenvalue weighted by atomic mass is 11.9. The molecular formula is CH9Cl2FOSi3. The van der Waals surface area contributed by atoms with Gasteiger partial charge in [0.25, 0.3) is 0 Å². The van der Waals surface area contributed by atoms with Crippen LogP contribution in [0.1, 0.15) is 0 Å². The van der Waals surface area contributed by atoms with E-state index in [1.54, 1.807) is 0 Å². The van der Waals surface area contributed by atoms with Crippen LogP contribution >= 0.6 is 22.2 Å². The summed E-state index contributed by atoms with van der Waals surface area (Å²) in [7, 11) is -2.13. The van der Waals surface area contributed by atoms with Crippen LogP contribution in [-0.2, 0) is 4.12 Å². The molecule has 52 valence electrons. The molecule has 0 aromatic rings. The third kappa shape index (κ3) is 59.3. The van der Waals surface area contributed by atoms with Gasteiger partial charge in [-0.1, -0.05) is 0 Å². The molecule has 0 N–H and O–H groups in total. The third-order valence-corrected chi connectivity index (χ3v) is 0.982. The maximum atomic E-state index is 10.7. The fourth-order valence-electron chi connectivity index (χ4n) is 0. The maximum absolute atomic E-state index is 10.7. The molecule has 0 amide bonds. The molecule has 0 saturated carbocycles. The lowest BCUT2D eigenvalue weighted by molar-refractivity contribution is 0.585.